The van der Waals surface area contributed by atoms with Crippen molar-refractivity contribution in [2.75, 3.05) is 24.6 Å². The number of hydrogen-bond acceptors (Lipinski definition) is 5. The van der Waals surface area contributed by atoms with Crippen molar-refractivity contribution in [1.29, 1.82) is 0 Å². The number of carbonyl (C=O) groups is 3. The normalized spacial score (nSPS) is 10.8. The molecule has 2 N–H and O–H groups in total. The zero-order chi connectivity index (χ0) is 22.1. The van der Waals surface area contributed by atoms with E-state index >= 15 is 0 Å². The van der Waals surface area contributed by atoms with E-state index in [-0.39, 0.29) is 0 Å². The number of esters is 1. The molecule has 0 aliphatic heterocycles. The van der Waals surface area contributed by atoms with Crippen LogP contribution >= 0.6 is 0 Å². The standard InChI is InChI=1S/C23H29N3O4/c1-5-26(6-2)19-14-12-17(13-15-19)21(28)25-24-20(27)16-30-22(29)23(3,4)18-10-8-7-9-11-18/h7-15H,5-6,16H2,1-4H3,(H,24,27)(H,25,28). The highest BCUT2D eigenvalue weighted by atomic mass is 16.5. The highest BCUT2D eigenvalue weighted by Gasteiger charge is 2.31. The Hall–Kier alpha value is -3.35. The quantitative estimate of drug-likeness (QED) is 0.515. The first-order valence-corrected chi connectivity index (χ1v) is 9.96. The maximum absolute atomic E-state index is 12.4. The van der Waals surface area contributed by atoms with E-state index in [9.17, 15) is 14.4 Å². The van der Waals surface area contributed by atoms with Crippen molar-refractivity contribution in [2.45, 2.75) is 33.1 Å². The van der Waals surface area contributed by atoms with Crippen LogP contribution in [0.15, 0.2) is 54.6 Å². The van der Waals surface area contributed by atoms with Gasteiger partial charge in [-0.05, 0) is 57.5 Å². The van der Waals surface area contributed by atoms with Crippen molar-refractivity contribution >= 4 is 23.5 Å². The number of nitrogens with zero attached hydrogens (tertiary/aromatic N) is 1. The van der Waals surface area contributed by atoms with Crippen LogP contribution in [0.2, 0.25) is 0 Å². The minimum atomic E-state index is -0.891. The van der Waals surface area contributed by atoms with Gasteiger partial charge in [-0.2, -0.15) is 0 Å². The Labute approximate surface area is 177 Å². The predicted octanol–water partition coefficient (Wildman–Crippen LogP) is 2.81. The second kappa shape index (κ2) is 10.4. The van der Waals surface area contributed by atoms with E-state index in [0.29, 0.717) is 5.56 Å². The fourth-order valence-corrected chi connectivity index (χ4v) is 2.93. The molecule has 7 heteroatoms. The summed E-state index contributed by atoms with van der Waals surface area (Å²) in [6.07, 6.45) is 0. The van der Waals surface area contributed by atoms with Gasteiger partial charge in [0.25, 0.3) is 11.8 Å². The van der Waals surface area contributed by atoms with Crippen LogP contribution in [0.1, 0.15) is 43.6 Å². The molecule has 0 spiro atoms. The van der Waals surface area contributed by atoms with Gasteiger partial charge in [-0.1, -0.05) is 30.3 Å². The smallest absolute Gasteiger partial charge is 0.316 e. The number of hydrazine groups is 1. The molecule has 0 saturated carbocycles. The SMILES string of the molecule is CCN(CC)c1ccc(C(=O)NNC(=O)COC(=O)C(C)(C)c2ccccc2)cc1. The third kappa shape index (κ3) is 5.83. The van der Waals surface area contributed by atoms with Crippen LogP contribution in [-0.2, 0) is 19.7 Å². The van der Waals surface area contributed by atoms with Gasteiger partial charge in [0, 0.05) is 24.3 Å². The molecule has 0 atom stereocenters. The summed E-state index contributed by atoms with van der Waals surface area (Å²) in [7, 11) is 0. The molecular formula is C23H29N3O4. The molecule has 0 radical (unpaired) electrons. The van der Waals surface area contributed by atoms with Crippen molar-refractivity contribution < 1.29 is 19.1 Å². The number of hydrogen-bond donors (Lipinski definition) is 2. The maximum atomic E-state index is 12.4. The largest absolute Gasteiger partial charge is 0.455 e. The molecule has 2 aromatic rings. The van der Waals surface area contributed by atoms with Gasteiger partial charge in [-0.15, -0.1) is 0 Å². The first-order chi connectivity index (χ1) is 14.3. The Morgan fingerprint density at radius 3 is 2.07 bits per heavy atom. The lowest BCUT2D eigenvalue weighted by atomic mass is 9.85. The van der Waals surface area contributed by atoms with E-state index in [2.05, 4.69) is 29.6 Å². The third-order valence-corrected chi connectivity index (χ3v) is 4.91. The van der Waals surface area contributed by atoms with E-state index in [1.165, 1.54) is 0 Å². The Morgan fingerprint density at radius 1 is 0.900 bits per heavy atom. The number of ether oxygens (including phenoxy) is 1. The zero-order valence-corrected chi connectivity index (χ0v) is 17.9. The number of benzene rings is 2. The van der Waals surface area contributed by atoms with E-state index in [1.807, 2.05) is 42.5 Å². The van der Waals surface area contributed by atoms with Crippen molar-refractivity contribution in [3.05, 3.63) is 65.7 Å². The first kappa shape index (κ1) is 22.9. The number of rotatable bonds is 8. The molecule has 2 rings (SSSR count). The molecular weight excluding hydrogens is 382 g/mol. The molecule has 2 amide bonds. The molecule has 0 saturated heterocycles. The van der Waals surface area contributed by atoms with Crippen LogP contribution in [0.3, 0.4) is 0 Å². The Bertz CT molecular complexity index is 860. The van der Waals surface area contributed by atoms with Crippen LogP contribution in [0.5, 0.6) is 0 Å². The minimum absolute atomic E-state index is 0.411. The Balaban J connectivity index is 1.83. The maximum Gasteiger partial charge on any atom is 0.316 e. The average Bonchev–Trinajstić information content (AvgIpc) is 2.77. The Morgan fingerprint density at radius 2 is 1.50 bits per heavy atom. The summed E-state index contributed by atoms with van der Waals surface area (Å²) in [6.45, 7) is 8.84. The molecule has 7 nitrogen and oxygen atoms in total. The van der Waals surface area contributed by atoms with Crippen molar-refractivity contribution in [3.8, 4) is 0 Å². The minimum Gasteiger partial charge on any atom is -0.455 e. The molecule has 0 unspecified atom stereocenters. The van der Waals surface area contributed by atoms with Crippen LogP contribution in [-0.4, -0.2) is 37.5 Å². The van der Waals surface area contributed by atoms with Crippen molar-refractivity contribution in [1.82, 2.24) is 10.9 Å². The number of anilines is 1. The van der Waals surface area contributed by atoms with Gasteiger partial charge in [-0.25, -0.2) is 0 Å². The summed E-state index contributed by atoms with van der Waals surface area (Å²) in [4.78, 5) is 38.7. The molecule has 0 aliphatic rings. The summed E-state index contributed by atoms with van der Waals surface area (Å²) in [5.41, 5.74) is 5.92. The monoisotopic (exact) mass is 411 g/mol. The van der Waals surface area contributed by atoms with Crippen LogP contribution in [0.25, 0.3) is 0 Å². The molecule has 160 valence electrons. The predicted molar refractivity (Wildman–Crippen MR) is 116 cm³/mol. The third-order valence-electron chi connectivity index (χ3n) is 4.91. The highest BCUT2D eigenvalue weighted by Crippen LogP contribution is 2.24. The number of nitrogens with one attached hydrogen (secondary N) is 2. The molecule has 0 aliphatic carbocycles. The average molecular weight is 412 g/mol. The Kier molecular flexibility index (Phi) is 7.98. The summed E-state index contributed by atoms with van der Waals surface area (Å²) in [5, 5.41) is 0. The lowest BCUT2D eigenvalue weighted by Gasteiger charge is -2.22. The van der Waals surface area contributed by atoms with Gasteiger partial charge in [-0.3, -0.25) is 25.2 Å². The lowest BCUT2D eigenvalue weighted by Crippen LogP contribution is -2.44. The van der Waals surface area contributed by atoms with Crippen LogP contribution in [0.4, 0.5) is 5.69 Å². The molecule has 2 aromatic carbocycles. The van der Waals surface area contributed by atoms with Gasteiger partial charge in [0.2, 0.25) is 0 Å². The number of carbonyl (C=O) groups excluding carboxylic acids is 3. The van der Waals surface area contributed by atoms with E-state index in [4.69, 9.17) is 4.74 Å². The molecule has 0 heterocycles. The zero-order valence-electron chi connectivity index (χ0n) is 17.9. The van der Waals surface area contributed by atoms with E-state index in [0.717, 1.165) is 24.3 Å². The fraction of sp³-hybridized carbons (Fsp3) is 0.348. The lowest BCUT2D eigenvalue weighted by molar-refractivity contribution is -0.153. The second-order valence-corrected chi connectivity index (χ2v) is 7.29. The van der Waals surface area contributed by atoms with E-state index in [1.54, 1.807) is 26.0 Å². The first-order valence-electron chi connectivity index (χ1n) is 9.96. The second-order valence-electron chi connectivity index (χ2n) is 7.29. The van der Waals surface area contributed by atoms with Gasteiger partial charge in [0.1, 0.15) is 0 Å². The molecule has 30 heavy (non-hydrogen) atoms. The summed E-state index contributed by atoms with van der Waals surface area (Å²) in [5.74, 6) is -1.60. The number of amides is 2. The topological polar surface area (TPSA) is 87.7 Å². The highest BCUT2D eigenvalue weighted by molar-refractivity contribution is 5.96. The van der Waals surface area contributed by atoms with Crippen molar-refractivity contribution in [2.24, 2.45) is 0 Å². The molecule has 0 bridgehead atoms. The van der Waals surface area contributed by atoms with Crippen molar-refractivity contribution in [3.63, 3.8) is 0 Å². The van der Waals surface area contributed by atoms with Crippen LogP contribution in [0, 0.1) is 0 Å². The molecule has 0 aromatic heterocycles. The van der Waals surface area contributed by atoms with E-state index < -0.39 is 29.8 Å². The summed E-state index contributed by atoms with van der Waals surface area (Å²) >= 11 is 0. The van der Waals surface area contributed by atoms with Gasteiger partial charge < -0.3 is 9.64 Å². The van der Waals surface area contributed by atoms with Gasteiger partial charge in [0.15, 0.2) is 6.61 Å². The fourth-order valence-electron chi connectivity index (χ4n) is 2.93. The van der Waals surface area contributed by atoms with Crippen LogP contribution < -0.4 is 15.8 Å². The summed E-state index contributed by atoms with van der Waals surface area (Å²) < 4.78 is 5.12. The summed E-state index contributed by atoms with van der Waals surface area (Å²) in [6, 6.07) is 16.3. The van der Waals surface area contributed by atoms with Gasteiger partial charge >= 0.3 is 5.97 Å². The molecule has 0 fully saturated rings. The van der Waals surface area contributed by atoms with Gasteiger partial charge in [0.05, 0.1) is 5.41 Å².